The number of benzene rings is 1. The first-order valence-electron chi connectivity index (χ1n) is 6.27. The van der Waals surface area contributed by atoms with Gasteiger partial charge in [-0.25, -0.2) is 4.79 Å². The largest absolute Gasteiger partial charge is 0.465 e. The van der Waals surface area contributed by atoms with Gasteiger partial charge in [0.2, 0.25) is 0 Å². The molecule has 0 aliphatic carbocycles. The second-order valence-corrected chi connectivity index (χ2v) is 4.26. The van der Waals surface area contributed by atoms with Crippen molar-refractivity contribution in [3.63, 3.8) is 0 Å². The quantitative estimate of drug-likeness (QED) is 0.776. The topological polar surface area (TPSA) is 76.4 Å². The van der Waals surface area contributed by atoms with Crippen molar-refractivity contribution < 1.29 is 14.6 Å². The fourth-order valence-corrected chi connectivity index (χ4v) is 1.77. The summed E-state index contributed by atoms with van der Waals surface area (Å²) in [5.41, 5.74) is 2.46. The molecule has 2 aromatic rings. The van der Waals surface area contributed by atoms with Crippen LogP contribution < -0.4 is 5.32 Å². The molecule has 0 fully saturated rings. The summed E-state index contributed by atoms with van der Waals surface area (Å²) in [6.07, 6.45) is 3.64. The Morgan fingerprint density at radius 1 is 1.40 bits per heavy atom. The second kappa shape index (κ2) is 6.72. The molecule has 0 saturated heterocycles. The summed E-state index contributed by atoms with van der Waals surface area (Å²) in [7, 11) is 1.36. The normalized spacial score (nSPS) is 10.3. The molecule has 1 aromatic carbocycles. The maximum absolute atomic E-state index is 11.3. The van der Waals surface area contributed by atoms with Crippen LogP contribution in [-0.4, -0.2) is 34.6 Å². The van der Waals surface area contributed by atoms with E-state index < -0.39 is 0 Å². The van der Waals surface area contributed by atoms with Gasteiger partial charge in [-0.2, -0.15) is 5.10 Å². The molecular formula is C14H17N3O3. The highest BCUT2D eigenvalue weighted by atomic mass is 16.5. The van der Waals surface area contributed by atoms with Gasteiger partial charge in [0, 0.05) is 24.0 Å². The Labute approximate surface area is 117 Å². The molecule has 106 valence electrons. The third-order valence-corrected chi connectivity index (χ3v) is 2.82. The Balaban J connectivity index is 1.91. The van der Waals surface area contributed by atoms with E-state index in [0.29, 0.717) is 18.7 Å². The molecule has 1 heterocycles. The van der Waals surface area contributed by atoms with Crippen LogP contribution in [0.2, 0.25) is 0 Å². The first-order chi connectivity index (χ1) is 9.72. The number of aliphatic hydroxyl groups excluding tert-OH is 1. The van der Waals surface area contributed by atoms with Crippen LogP contribution >= 0.6 is 0 Å². The number of methoxy groups -OCH3 is 1. The van der Waals surface area contributed by atoms with Gasteiger partial charge in [-0.1, -0.05) is 0 Å². The van der Waals surface area contributed by atoms with Crippen LogP contribution in [0.25, 0.3) is 0 Å². The first kappa shape index (κ1) is 14.1. The average Bonchev–Trinajstić information content (AvgIpc) is 2.93. The number of hydrogen-bond acceptors (Lipinski definition) is 5. The fraction of sp³-hybridized carbons (Fsp3) is 0.286. The molecule has 6 nitrogen and oxygen atoms in total. The molecule has 20 heavy (non-hydrogen) atoms. The number of rotatable bonds is 6. The Bertz CT molecular complexity index is 563. The minimum Gasteiger partial charge on any atom is -0.465 e. The van der Waals surface area contributed by atoms with Gasteiger partial charge in [0.15, 0.2) is 0 Å². The molecule has 6 heteroatoms. The number of nitrogens with one attached hydrogen (secondary N) is 1. The van der Waals surface area contributed by atoms with Crippen molar-refractivity contribution in [1.82, 2.24) is 9.78 Å². The highest BCUT2D eigenvalue weighted by Gasteiger charge is 2.04. The Morgan fingerprint density at radius 2 is 2.15 bits per heavy atom. The zero-order chi connectivity index (χ0) is 14.4. The summed E-state index contributed by atoms with van der Waals surface area (Å²) in [6.45, 7) is 1.19. The highest BCUT2D eigenvalue weighted by molar-refractivity contribution is 5.89. The molecule has 0 spiro atoms. The van der Waals surface area contributed by atoms with Gasteiger partial charge in [-0.3, -0.25) is 4.68 Å². The Hall–Kier alpha value is -2.34. The third-order valence-electron chi connectivity index (χ3n) is 2.82. The zero-order valence-electron chi connectivity index (χ0n) is 11.2. The lowest BCUT2D eigenvalue weighted by molar-refractivity contribution is 0.0601. The number of hydrogen-bond donors (Lipinski definition) is 2. The van der Waals surface area contributed by atoms with Crippen molar-refractivity contribution in [2.45, 2.75) is 13.1 Å². The van der Waals surface area contributed by atoms with Gasteiger partial charge in [0.05, 0.1) is 32.0 Å². The first-order valence-corrected chi connectivity index (χ1v) is 6.27. The van der Waals surface area contributed by atoms with Crippen LogP contribution in [0, 0.1) is 0 Å². The van der Waals surface area contributed by atoms with E-state index in [1.165, 1.54) is 7.11 Å². The lowest BCUT2D eigenvalue weighted by atomic mass is 10.2. The van der Waals surface area contributed by atoms with Crippen LogP contribution in [0.4, 0.5) is 5.69 Å². The van der Waals surface area contributed by atoms with Gasteiger partial charge >= 0.3 is 5.97 Å². The Kier molecular flexibility index (Phi) is 4.73. The second-order valence-electron chi connectivity index (χ2n) is 4.26. The summed E-state index contributed by atoms with van der Waals surface area (Å²) in [5.74, 6) is -0.346. The van der Waals surface area contributed by atoms with E-state index in [-0.39, 0.29) is 12.6 Å². The van der Waals surface area contributed by atoms with E-state index in [1.807, 2.05) is 18.3 Å². The molecule has 0 amide bonds. The van der Waals surface area contributed by atoms with Crippen molar-refractivity contribution in [3.05, 3.63) is 47.8 Å². The average molecular weight is 275 g/mol. The maximum atomic E-state index is 11.3. The van der Waals surface area contributed by atoms with Crippen LogP contribution in [0.15, 0.2) is 36.7 Å². The number of anilines is 1. The van der Waals surface area contributed by atoms with Crippen molar-refractivity contribution in [1.29, 1.82) is 0 Å². The molecule has 0 aliphatic rings. The monoisotopic (exact) mass is 275 g/mol. The van der Waals surface area contributed by atoms with Crippen LogP contribution in [0.3, 0.4) is 0 Å². The number of aliphatic hydroxyl groups is 1. The van der Waals surface area contributed by atoms with Gasteiger partial charge in [0.25, 0.3) is 0 Å². The molecule has 0 bridgehead atoms. The number of esters is 1. The summed E-state index contributed by atoms with van der Waals surface area (Å²) >= 11 is 0. The van der Waals surface area contributed by atoms with Crippen LogP contribution in [0.1, 0.15) is 15.9 Å². The third kappa shape index (κ3) is 3.58. The molecule has 0 aliphatic heterocycles. The lowest BCUT2D eigenvalue weighted by Gasteiger charge is -2.05. The molecule has 1 aromatic heterocycles. The number of carbonyl (C=O) groups excluding carboxylic acids is 1. The predicted molar refractivity (Wildman–Crippen MR) is 74.4 cm³/mol. The molecular weight excluding hydrogens is 258 g/mol. The van der Waals surface area contributed by atoms with Crippen molar-refractivity contribution in [2.75, 3.05) is 19.0 Å². The van der Waals surface area contributed by atoms with E-state index in [2.05, 4.69) is 15.2 Å². The summed E-state index contributed by atoms with van der Waals surface area (Å²) in [5, 5.41) is 16.2. The van der Waals surface area contributed by atoms with Crippen LogP contribution in [-0.2, 0) is 17.8 Å². The molecule has 0 unspecified atom stereocenters. The number of nitrogens with zero attached hydrogens (tertiary/aromatic N) is 2. The molecule has 2 N–H and O–H groups in total. The zero-order valence-corrected chi connectivity index (χ0v) is 11.2. The molecule has 0 saturated carbocycles. The Morgan fingerprint density at radius 3 is 2.80 bits per heavy atom. The minimum atomic E-state index is -0.346. The van der Waals surface area contributed by atoms with Gasteiger partial charge in [-0.05, 0) is 24.3 Å². The molecule has 0 atom stereocenters. The molecule has 2 rings (SSSR count). The number of carbonyl (C=O) groups is 1. The van der Waals surface area contributed by atoms with Crippen molar-refractivity contribution >= 4 is 11.7 Å². The minimum absolute atomic E-state index is 0.0730. The number of ether oxygens (including phenoxy) is 1. The van der Waals surface area contributed by atoms with E-state index in [4.69, 9.17) is 5.11 Å². The standard InChI is InChI=1S/C14H17N3O3/c1-20-14(19)12-2-4-13(5-3-12)15-8-11-9-16-17(10-11)6-7-18/h2-5,9-10,15,18H,6-8H2,1H3. The van der Waals surface area contributed by atoms with Crippen LogP contribution in [0.5, 0.6) is 0 Å². The van der Waals surface area contributed by atoms with E-state index in [9.17, 15) is 4.79 Å². The summed E-state index contributed by atoms with van der Waals surface area (Å²) < 4.78 is 6.33. The predicted octanol–water partition coefficient (Wildman–Crippen LogP) is 1.27. The van der Waals surface area contributed by atoms with Gasteiger partial charge in [-0.15, -0.1) is 0 Å². The highest BCUT2D eigenvalue weighted by Crippen LogP contribution is 2.11. The van der Waals surface area contributed by atoms with E-state index in [0.717, 1.165) is 11.3 Å². The summed E-state index contributed by atoms with van der Waals surface area (Å²) in [6, 6.07) is 7.07. The fourth-order valence-electron chi connectivity index (χ4n) is 1.77. The van der Waals surface area contributed by atoms with Crippen molar-refractivity contribution in [2.24, 2.45) is 0 Å². The van der Waals surface area contributed by atoms with E-state index >= 15 is 0 Å². The van der Waals surface area contributed by atoms with E-state index in [1.54, 1.807) is 23.0 Å². The lowest BCUT2D eigenvalue weighted by Crippen LogP contribution is -2.03. The van der Waals surface area contributed by atoms with Gasteiger partial charge in [0.1, 0.15) is 0 Å². The summed E-state index contributed by atoms with van der Waals surface area (Å²) in [4.78, 5) is 11.3. The molecule has 0 radical (unpaired) electrons. The van der Waals surface area contributed by atoms with Crippen molar-refractivity contribution in [3.8, 4) is 0 Å². The maximum Gasteiger partial charge on any atom is 0.337 e. The number of aromatic nitrogens is 2. The smallest absolute Gasteiger partial charge is 0.337 e. The van der Waals surface area contributed by atoms with Gasteiger partial charge < -0.3 is 15.2 Å². The SMILES string of the molecule is COC(=O)c1ccc(NCc2cnn(CCO)c2)cc1.